The number of benzene rings is 1. The van der Waals surface area contributed by atoms with Gasteiger partial charge in [0, 0.05) is 26.2 Å². The Morgan fingerprint density at radius 1 is 1.15 bits per heavy atom. The third kappa shape index (κ3) is 4.56. The minimum atomic E-state index is -0.444. The molecule has 1 aromatic carbocycles. The SMILES string of the molecule is COC(=O)c1ccc(Cl)c(Nc2ccc(C(=O)N3CCN(C)CC3)nc2)c1. The van der Waals surface area contributed by atoms with Gasteiger partial charge in [-0.15, -0.1) is 0 Å². The number of esters is 1. The Labute approximate surface area is 162 Å². The largest absolute Gasteiger partial charge is 0.465 e. The first-order valence-corrected chi connectivity index (χ1v) is 8.94. The summed E-state index contributed by atoms with van der Waals surface area (Å²) >= 11 is 6.19. The number of carbonyl (C=O) groups excluding carboxylic acids is 2. The highest BCUT2D eigenvalue weighted by Gasteiger charge is 2.21. The number of aromatic nitrogens is 1. The van der Waals surface area contributed by atoms with Crippen LogP contribution < -0.4 is 5.32 Å². The topological polar surface area (TPSA) is 74.8 Å². The van der Waals surface area contributed by atoms with Crippen LogP contribution in [0.4, 0.5) is 11.4 Å². The number of nitrogens with zero attached hydrogens (tertiary/aromatic N) is 3. The van der Waals surface area contributed by atoms with E-state index in [1.54, 1.807) is 36.5 Å². The number of hydrogen-bond donors (Lipinski definition) is 1. The van der Waals surface area contributed by atoms with Gasteiger partial charge in [0.15, 0.2) is 0 Å². The maximum absolute atomic E-state index is 12.5. The van der Waals surface area contributed by atoms with Crippen molar-refractivity contribution in [2.24, 2.45) is 0 Å². The molecule has 2 heterocycles. The van der Waals surface area contributed by atoms with Crippen LogP contribution in [-0.4, -0.2) is 67.0 Å². The monoisotopic (exact) mass is 388 g/mol. The number of amides is 1. The fourth-order valence-electron chi connectivity index (χ4n) is 2.79. The summed E-state index contributed by atoms with van der Waals surface area (Å²) in [4.78, 5) is 32.5. The lowest BCUT2D eigenvalue weighted by Crippen LogP contribution is -2.47. The van der Waals surface area contributed by atoms with Crippen LogP contribution in [0.25, 0.3) is 0 Å². The fraction of sp³-hybridized carbons (Fsp3) is 0.316. The first-order valence-electron chi connectivity index (χ1n) is 8.56. The van der Waals surface area contributed by atoms with E-state index in [2.05, 4.69) is 15.2 Å². The van der Waals surface area contributed by atoms with Gasteiger partial charge in [-0.25, -0.2) is 9.78 Å². The lowest BCUT2D eigenvalue weighted by atomic mass is 10.2. The van der Waals surface area contributed by atoms with Gasteiger partial charge in [-0.2, -0.15) is 0 Å². The first-order chi connectivity index (χ1) is 13.0. The molecule has 1 N–H and O–H groups in total. The predicted molar refractivity (Wildman–Crippen MR) is 104 cm³/mol. The van der Waals surface area contributed by atoms with E-state index < -0.39 is 5.97 Å². The van der Waals surface area contributed by atoms with Crippen LogP contribution >= 0.6 is 11.6 Å². The number of nitrogens with one attached hydrogen (secondary N) is 1. The number of ether oxygens (including phenoxy) is 1. The van der Waals surface area contributed by atoms with E-state index in [0.29, 0.717) is 40.7 Å². The maximum atomic E-state index is 12.5. The van der Waals surface area contributed by atoms with Gasteiger partial charge < -0.3 is 19.9 Å². The summed E-state index contributed by atoms with van der Waals surface area (Å²) in [5.74, 6) is -0.513. The molecule has 0 spiro atoms. The van der Waals surface area contributed by atoms with Gasteiger partial charge in [-0.05, 0) is 37.4 Å². The van der Waals surface area contributed by atoms with Crippen LogP contribution in [0.3, 0.4) is 0 Å². The number of anilines is 2. The molecule has 1 saturated heterocycles. The Hall–Kier alpha value is -2.64. The molecule has 0 unspecified atom stereocenters. The number of pyridine rings is 1. The van der Waals surface area contributed by atoms with E-state index in [9.17, 15) is 9.59 Å². The molecule has 0 saturated carbocycles. The molecule has 3 rings (SSSR count). The fourth-order valence-corrected chi connectivity index (χ4v) is 2.95. The van der Waals surface area contributed by atoms with Crippen molar-refractivity contribution in [2.75, 3.05) is 45.7 Å². The summed E-state index contributed by atoms with van der Waals surface area (Å²) in [5, 5.41) is 3.57. The normalized spacial score (nSPS) is 14.7. The molecule has 0 radical (unpaired) electrons. The second kappa shape index (κ2) is 8.37. The van der Waals surface area contributed by atoms with Crippen LogP contribution in [0.5, 0.6) is 0 Å². The van der Waals surface area contributed by atoms with Crippen molar-refractivity contribution in [3.63, 3.8) is 0 Å². The van der Waals surface area contributed by atoms with E-state index in [0.717, 1.165) is 13.1 Å². The van der Waals surface area contributed by atoms with Crippen molar-refractivity contribution < 1.29 is 14.3 Å². The van der Waals surface area contributed by atoms with E-state index >= 15 is 0 Å². The zero-order valence-corrected chi connectivity index (χ0v) is 16.0. The van der Waals surface area contributed by atoms with Crippen molar-refractivity contribution in [1.82, 2.24) is 14.8 Å². The van der Waals surface area contributed by atoms with Crippen molar-refractivity contribution in [3.8, 4) is 0 Å². The molecule has 7 nitrogen and oxygen atoms in total. The second-order valence-corrected chi connectivity index (χ2v) is 6.75. The molecule has 1 aliphatic heterocycles. The van der Waals surface area contributed by atoms with Crippen LogP contribution in [0.2, 0.25) is 5.02 Å². The highest BCUT2D eigenvalue weighted by molar-refractivity contribution is 6.33. The summed E-state index contributed by atoms with van der Waals surface area (Å²) in [6.07, 6.45) is 1.57. The molecule has 142 valence electrons. The molecular formula is C19H21ClN4O3. The van der Waals surface area contributed by atoms with Gasteiger partial charge in [0.05, 0.1) is 35.3 Å². The standard InChI is InChI=1S/C19H21ClN4O3/c1-23-7-9-24(10-8-23)18(25)16-6-4-14(12-21-16)22-17-11-13(19(26)27-2)3-5-15(17)20/h3-6,11-12,22H,7-10H2,1-2H3. The number of methoxy groups -OCH3 is 1. The minimum absolute atomic E-state index is 0.0691. The lowest BCUT2D eigenvalue weighted by molar-refractivity contribution is 0.0599. The van der Waals surface area contributed by atoms with Crippen LogP contribution in [0.1, 0.15) is 20.8 Å². The Morgan fingerprint density at radius 2 is 1.89 bits per heavy atom. The third-order valence-corrected chi connectivity index (χ3v) is 4.77. The highest BCUT2D eigenvalue weighted by Crippen LogP contribution is 2.26. The molecule has 1 amide bonds. The minimum Gasteiger partial charge on any atom is -0.465 e. The molecular weight excluding hydrogens is 368 g/mol. The predicted octanol–water partition coefficient (Wildman–Crippen LogP) is 2.65. The van der Waals surface area contributed by atoms with Crippen LogP contribution in [0.15, 0.2) is 36.5 Å². The third-order valence-electron chi connectivity index (χ3n) is 4.44. The maximum Gasteiger partial charge on any atom is 0.337 e. The van der Waals surface area contributed by atoms with Crippen LogP contribution in [0, 0.1) is 0 Å². The van der Waals surface area contributed by atoms with Gasteiger partial charge in [0.2, 0.25) is 0 Å². The Bertz CT molecular complexity index is 833. The van der Waals surface area contributed by atoms with E-state index in [1.807, 2.05) is 11.9 Å². The Kier molecular flexibility index (Phi) is 5.93. The second-order valence-electron chi connectivity index (χ2n) is 6.34. The summed E-state index contributed by atoms with van der Waals surface area (Å²) in [6, 6.07) is 8.26. The summed E-state index contributed by atoms with van der Waals surface area (Å²) in [7, 11) is 3.37. The van der Waals surface area contributed by atoms with E-state index in [1.165, 1.54) is 7.11 Å². The highest BCUT2D eigenvalue weighted by atomic mass is 35.5. The zero-order chi connectivity index (χ0) is 19.4. The average Bonchev–Trinajstić information content (AvgIpc) is 2.69. The smallest absolute Gasteiger partial charge is 0.337 e. The van der Waals surface area contributed by atoms with Crippen molar-refractivity contribution >= 4 is 34.9 Å². The summed E-state index contributed by atoms with van der Waals surface area (Å²) in [6.45, 7) is 3.13. The van der Waals surface area contributed by atoms with Crippen molar-refractivity contribution in [1.29, 1.82) is 0 Å². The first kappa shape index (κ1) is 19.1. The summed E-state index contributed by atoms with van der Waals surface area (Å²) < 4.78 is 4.72. The number of rotatable bonds is 4. The summed E-state index contributed by atoms with van der Waals surface area (Å²) in [5.41, 5.74) is 2.01. The van der Waals surface area contributed by atoms with E-state index in [4.69, 9.17) is 16.3 Å². The van der Waals surface area contributed by atoms with E-state index in [-0.39, 0.29) is 5.91 Å². The zero-order valence-electron chi connectivity index (χ0n) is 15.2. The molecule has 1 fully saturated rings. The van der Waals surface area contributed by atoms with Gasteiger partial charge in [0.25, 0.3) is 5.91 Å². The molecule has 0 atom stereocenters. The molecule has 2 aromatic rings. The molecule has 0 bridgehead atoms. The van der Waals surface area contributed by atoms with Gasteiger partial charge in [-0.3, -0.25) is 4.79 Å². The number of hydrogen-bond acceptors (Lipinski definition) is 6. The van der Waals surface area contributed by atoms with Gasteiger partial charge in [0.1, 0.15) is 5.69 Å². The molecule has 1 aliphatic rings. The van der Waals surface area contributed by atoms with Crippen LogP contribution in [-0.2, 0) is 4.74 Å². The van der Waals surface area contributed by atoms with Gasteiger partial charge >= 0.3 is 5.97 Å². The molecule has 1 aromatic heterocycles. The molecule has 27 heavy (non-hydrogen) atoms. The number of carbonyl (C=O) groups is 2. The number of likely N-dealkylation sites (N-methyl/N-ethyl adjacent to an activating group) is 1. The number of piperazine rings is 1. The number of halogens is 1. The van der Waals surface area contributed by atoms with Crippen molar-refractivity contribution in [3.05, 3.63) is 52.8 Å². The van der Waals surface area contributed by atoms with Gasteiger partial charge in [-0.1, -0.05) is 11.6 Å². The Balaban J connectivity index is 1.71. The Morgan fingerprint density at radius 3 is 2.52 bits per heavy atom. The molecule has 0 aliphatic carbocycles. The average molecular weight is 389 g/mol. The van der Waals surface area contributed by atoms with Crippen molar-refractivity contribution in [2.45, 2.75) is 0 Å². The molecule has 8 heteroatoms. The quantitative estimate of drug-likeness (QED) is 0.811. The lowest BCUT2D eigenvalue weighted by Gasteiger charge is -2.32.